The Kier molecular flexibility index (Phi) is 4.56. The van der Waals surface area contributed by atoms with E-state index >= 15 is 0 Å². The van der Waals surface area contributed by atoms with Crippen molar-refractivity contribution >= 4 is 0 Å². The summed E-state index contributed by atoms with van der Waals surface area (Å²) in [6.07, 6.45) is 0.422. The number of nitrogens with two attached hydrogens (primary N) is 1. The van der Waals surface area contributed by atoms with E-state index in [0.717, 1.165) is 23.5 Å². The molecule has 92 valence electrons. The van der Waals surface area contributed by atoms with Crippen LogP contribution < -0.4 is 5.73 Å². The van der Waals surface area contributed by atoms with Crippen LogP contribution in [0.4, 0.5) is 0 Å². The number of hydrogen-bond acceptors (Lipinski definition) is 3. The molecule has 1 heterocycles. The summed E-state index contributed by atoms with van der Waals surface area (Å²) in [5, 5.41) is 10.3. The van der Waals surface area contributed by atoms with Crippen molar-refractivity contribution in [3.05, 3.63) is 23.2 Å². The minimum atomic E-state index is -0.509. The van der Waals surface area contributed by atoms with Gasteiger partial charge in [0.1, 0.15) is 11.5 Å². The van der Waals surface area contributed by atoms with Crippen LogP contribution in [0.5, 0.6) is 0 Å². The topological polar surface area (TPSA) is 59.4 Å². The highest BCUT2D eigenvalue weighted by molar-refractivity contribution is 5.23. The van der Waals surface area contributed by atoms with E-state index in [1.165, 1.54) is 0 Å². The number of aliphatic hydroxyl groups is 1. The fourth-order valence-corrected chi connectivity index (χ4v) is 2.16. The molecule has 1 aromatic heterocycles. The zero-order chi connectivity index (χ0) is 12.3. The first-order valence-electron chi connectivity index (χ1n) is 5.90. The van der Waals surface area contributed by atoms with Crippen molar-refractivity contribution in [3.8, 4) is 0 Å². The highest BCUT2D eigenvalue weighted by Crippen LogP contribution is 2.30. The van der Waals surface area contributed by atoms with Crippen LogP contribution in [0.3, 0.4) is 0 Å². The van der Waals surface area contributed by atoms with Crippen molar-refractivity contribution < 1.29 is 9.52 Å². The lowest BCUT2D eigenvalue weighted by atomic mass is 9.88. The van der Waals surface area contributed by atoms with E-state index in [1.54, 1.807) is 0 Å². The Hall–Kier alpha value is -0.800. The van der Waals surface area contributed by atoms with Crippen molar-refractivity contribution in [2.75, 3.05) is 6.54 Å². The van der Waals surface area contributed by atoms with Gasteiger partial charge in [0.15, 0.2) is 0 Å². The van der Waals surface area contributed by atoms with E-state index in [2.05, 4.69) is 13.8 Å². The van der Waals surface area contributed by atoms with Gasteiger partial charge >= 0.3 is 0 Å². The summed E-state index contributed by atoms with van der Waals surface area (Å²) in [7, 11) is 0. The molecular weight excluding hydrogens is 202 g/mol. The summed E-state index contributed by atoms with van der Waals surface area (Å²) >= 11 is 0. The minimum Gasteiger partial charge on any atom is -0.466 e. The first-order valence-corrected chi connectivity index (χ1v) is 5.90. The average Bonchev–Trinajstić information content (AvgIpc) is 2.53. The Morgan fingerprint density at radius 2 is 2.00 bits per heavy atom. The molecule has 0 bridgehead atoms. The molecule has 0 aliphatic heterocycles. The van der Waals surface area contributed by atoms with Crippen LogP contribution in [0, 0.1) is 25.7 Å². The smallest absolute Gasteiger partial charge is 0.106 e. The lowest BCUT2D eigenvalue weighted by molar-refractivity contribution is 0.0980. The number of aliphatic hydroxyl groups excluding tert-OH is 1. The molecule has 0 aromatic carbocycles. The molecule has 0 aliphatic rings. The largest absolute Gasteiger partial charge is 0.466 e. The van der Waals surface area contributed by atoms with Gasteiger partial charge in [-0.3, -0.25) is 0 Å². The van der Waals surface area contributed by atoms with Gasteiger partial charge in [-0.25, -0.2) is 0 Å². The summed E-state index contributed by atoms with van der Waals surface area (Å²) < 4.78 is 5.43. The van der Waals surface area contributed by atoms with E-state index in [1.807, 2.05) is 19.9 Å². The van der Waals surface area contributed by atoms with E-state index in [9.17, 15) is 5.11 Å². The predicted octanol–water partition coefficient (Wildman–Crippen LogP) is 2.55. The highest BCUT2D eigenvalue weighted by Gasteiger charge is 2.23. The Morgan fingerprint density at radius 3 is 2.38 bits per heavy atom. The summed E-state index contributed by atoms with van der Waals surface area (Å²) in [4.78, 5) is 0. The molecule has 0 fully saturated rings. The molecule has 3 N–H and O–H groups in total. The predicted molar refractivity (Wildman–Crippen MR) is 65.1 cm³/mol. The maximum Gasteiger partial charge on any atom is 0.106 e. The number of aryl methyl sites for hydroxylation is 2. The highest BCUT2D eigenvalue weighted by atomic mass is 16.3. The molecular formula is C13H23NO2. The number of rotatable bonds is 5. The van der Waals surface area contributed by atoms with Crippen LogP contribution in [0.25, 0.3) is 0 Å². The first-order chi connectivity index (χ1) is 7.45. The van der Waals surface area contributed by atoms with Gasteiger partial charge in [-0.2, -0.15) is 0 Å². The van der Waals surface area contributed by atoms with Crippen LogP contribution in [0.2, 0.25) is 0 Å². The molecule has 0 aliphatic carbocycles. The minimum absolute atomic E-state index is 0.107. The Bertz CT molecular complexity index is 331. The van der Waals surface area contributed by atoms with Crippen molar-refractivity contribution in [2.24, 2.45) is 17.6 Å². The summed E-state index contributed by atoms with van der Waals surface area (Å²) in [6.45, 7) is 8.56. The SMILES string of the molecule is Cc1cc(C(O)C(CN)CC(C)C)c(C)o1. The summed E-state index contributed by atoms with van der Waals surface area (Å²) in [6, 6.07) is 1.91. The van der Waals surface area contributed by atoms with Crippen molar-refractivity contribution in [1.29, 1.82) is 0 Å². The molecule has 0 amide bonds. The maximum atomic E-state index is 10.3. The fraction of sp³-hybridized carbons (Fsp3) is 0.692. The Balaban J connectivity index is 2.82. The Labute approximate surface area is 97.6 Å². The van der Waals surface area contributed by atoms with Gasteiger partial charge in [0, 0.05) is 11.5 Å². The molecule has 0 radical (unpaired) electrons. The van der Waals surface area contributed by atoms with Gasteiger partial charge < -0.3 is 15.3 Å². The second-order valence-corrected chi connectivity index (χ2v) is 4.94. The molecule has 2 atom stereocenters. The maximum absolute atomic E-state index is 10.3. The van der Waals surface area contributed by atoms with Crippen LogP contribution >= 0.6 is 0 Å². The van der Waals surface area contributed by atoms with Gasteiger partial charge in [-0.05, 0) is 38.8 Å². The van der Waals surface area contributed by atoms with Gasteiger partial charge in [-0.1, -0.05) is 13.8 Å². The molecule has 1 rings (SSSR count). The molecule has 0 spiro atoms. The third kappa shape index (κ3) is 3.09. The monoisotopic (exact) mass is 225 g/mol. The van der Waals surface area contributed by atoms with E-state index < -0.39 is 6.10 Å². The Morgan fingerprint density at radius 1 is 1.38 bits per heavy atom. The molecule has 1 aromatic rings. The second-order valence-electron chi connectivity index (χ2n) is 4.94. The average molecular weight is 225 g/mol. The molecule has 3 heteroatoms. The number of hydrogen-bond donors (Lipinski definition) is 2. The van der Waals surface area contributed by atoms with Crippen molar-refractivity contribution in [3.63, 3.8) is 0 Å². The second kappa shape index (κ2) is 5.51. The lowest BCUT2D eigenvalue weighted by Gasteiger charge is -2.22. The van der Waals surface area contributed by atoms with Crippen LogP contribution in [0.1, 0.15) is 43.5 Å². The van der Waals surface area contributed by atoms with Crippen LogP contribution in [-0.4, -0.2) is 11.7 Å². The molecule has 0 saturated heterocycles. The normalized spacial score (nSPS) is 15.4. The quantitative estimate of drug-likeness (QED) is 0.809. The van der Waals surface area contributed by atoms with Crippen LogP contribution in [-0.2, 0) is 0 Å². The first kappa shape index (κ1) is 13.3. The third-order valence-corrected chi connectivity index (χ3v) is 2.92. The lowest BCUT2D eigenvalue weighted by Crippen LogP contribution is -2.23. The zero-order valence-electron chi connectivity index (χ0n) is 10.7. The molecule has 2 unspecified atom stereocenters. The van der Waals surface area contributed by atoms with Crippen LogP contribution in [0.15, 0.2) is 10.5 Å². The molecule has 16 heavy (non-hydrogen) atoms. The van der Waals surface area contributed by atoms with Crippen molar-refractivity contribution in [1.82, 2.24) is 0 Å². The molecule has 3 nitrogen and oxygen atoms in total. The zero-order valence-corrected chi connectivity index (χ0v) is 10.7. The van der Waals surface area contributed by atoms with Gasteiger partial charge in [0.2, 0.25) is 0 Å². The van der Waals surface area contributed by atoms with E-state index in [4.69, 9.17) is 10.2 Å². The number of furan rings is 1. The summed E-state index contributed by atoms with van der Waals surface area (Å²) in [5.41, 5.74) is 6.61. The van der Waals surface area contributed by atoms with E-state index in [0.29, 0.717) is 12.5 Å². The van der Waals surface area contributed by atoms with Crippen molar-refractivity contribution in [2.45, 2.75) is 40.2 Å². The summed E-state index contributed by atoms with van der Waals surface area (Å²) in [5.74, 6) is 2.28. The third-order valence-electron chi connectivity index (χ3n) is 2.92. The standard InChI is InChI=1S/C13H23NO2/c1-8(2)5-11(7-14)13(15)12-6-9(3)16-10(12)4/h6,8,11,13,15H,5,7,14H2,1-4H3. The fourth-order valence-electron chi connectivity index (χ4n) is 2.16. The van der Waals surface area contributed by atoms with Gasteiger partial charge in [0.25, 0.3) is 0 Å². The van der Waals surface area contributed by atoms with Gasteiger partial charge in [-0.15, -0.1) is 0 Å². The van der Waals surface area contributed by atoms with Gasteiger partial charge in [0.05, 0.1) is 6.10 Å². The van der Waals surface area contributed by atoms with E-state index in [-0.39, 0.29) is 5.92 Å². The molecule has 0 saturated carbocycles.